The number of hydrogen-bond donors (Lipinski definition) is 2. The Bertz CT molecular complexity index is 1510. The zero-order valence-electron chi connectivity index (χ0n) is 18.4. The first-order valence-corrected chi connectivity index (χ1v) is 10.9. The Kier molecular flexibility index (Phi) is 6.23. The second-order valence-electron chi connectivity index (χ2n) is 7.83. The number of fused-ring (bicyclic) bond motifs is 2. The number of aliphatic hydroxyl groups excluding tert-OH is 1. The number of para-hydroxylation sites is 1. The number of halogens is 3. The Labute approximate surface area is 197 Å². The lowest BCUT2D eigenvalue weighted by Gasteiger charge is -2.11. The maximum Gasteiger partial charge on any atom is 0.267 e. The predicted octanol–water partition coefficient (Wildman–Crippen LogP) is 4.16. The average molecular weight is 479 g/mol. The summed E-state index contributed by atoms with van der Waals surface area (Å²) in [6, 6.07) is 8.56. The first-order valence-electron chi connectivity index (χ1n) is 10.9. The van der Waals surface area contributed by atoms with Crippen LogP contribution in [-0.4, -0.2) is 48.0 Å². The summed E-state index contributed by atoms with van der Waals surface area (Å²) in [5.74, 6) is -0.428. The van der Waals surface area contributed by atoms with Crippen LogP contribution in [0.2, 0.25) is 0 Å². The quantitative estimate of drug-likeness (QED) is 0.345. The lowest BCUT2D eigenvalue weighted by atomic mass is 10.0. The molecule has 0 fully saturated rings. The van der Waals surface area contributed by atoms with Gasteiger partial charge in [0.15, 0.2) is 11.5 Å². The number of rotatable bonds is 8. The number of nitrogens with one attached hydrogen (secondary N) is 1. The number of anilines is 1. The van der Waals surface area contributed by atoms with Gasteiger partial charge in [-0.15, -0.1) is 0 Å². The molecule has 5 aromatic rings. The van der Waals surface area contributed by atoms with Gasteiger partial charge in [-0.25, -0.2) is 32.8 Å². The molecule has 1 aromatic carbocycles. The van der Waals surface area contributed by atoms with Crippen molar-refractivity contribution in [3.63, 3.8) is 0 Å². The second-order valence-corrected chi connectivity index (χ2v) is 7.83. The zero-order chi connectivity index (χ0) is 24.4. The second kappa shape index (κ2) is 9.63. The van der Waals surface area contributed by atoms with E-state index >= 15 is 0 Å². The van der Waals surface area contributed by atoms with Gasteiger partial charge >= 0.3 is 0 Å². The standard InChI is InChI=1S/C24H20F3N7O/c25-18-12-29-22-14(2-1-3-17(22)21(18)23(26)27)4-5-28-20-9-19(31-13-32-20)15-8-16-11-33-34(6-7-35)24(16)30-10-15/h1-3,8-13,23,35H,4-7H2,(H,28,31,32). The molecule has 4 heterocycles. The van der Waals surface area contributed by atoms with E-state index < -0.39 is 17.8 Å². The topological polar surface area (TPSA) is 102 Å². The molecule has 178 valence electrons. The summed E-state index contributed by atoms with van der Waals surface area (Å²) >= 11 is 0. The van der Waals surface area contributed by atoms with E-state index in [1.165, 1.54) is 12.4 Å². The lowest BCUT2D eigenvalue weighted by molar-refractivity contribution is 0.148. The minimum absolute atomic E-state index is 0.0275. The minimum atomic E-state index is -2.92. The van der Waals surface area contributed by atoms with Crippen molar-refractivity contribution >= 4 is 27.8 Å². The number of aromatic nitrogens is 6. The van der Waals surface area contributed by atoms with E-state index in [1.807, 2.05) is 6.07 Å². The fourth-order valence-electron chi connectivity index (χ4n) is 4.01. The van der Waals surface area contributed by atoms with Crippen molar-refractivity contribution in [3.05, 3.63) is 72.2 Å². The molecule has 0 unspecified atom stereocenters. The van der Waals surface area contributed by atoms with E-state index in [4.69, 9.17) is 5.11 Å². The molecule has 0 radical (unpaired) electrons. The molecule has 2 N–H and O–H groups in total. The van der Waals surface area contributed by atoms with Crippen molar-refractivity contribution in [1.82, 2.24) is 29.7 Å². The van der Waals surface area contributed by atoms with Crippen LogP contribution < -0.4 is 5.32 Å². The fraction of sp³-hybridized carbons (Fsp3) is 0.208. The highest BCUT2D eigenvalue weighted by atomic mass is 19.3. The van der Waals surface area contributed by atoms with Gasteiger partial charge in [0.25, 0.3) is 6.43 Å². The summed E-state index contributed by atoms with van der Waals surface area (Å²) in [6.45, 7) is 0.784. The molecule has 0 aliphatic carbocycles. The van der Waals surface area contributed by atoms with Crippen molar-refractivity contribution < 1.29 is 18.3 Å². The molecule has 0 saturated heterocycles. The van der Waals surface area contributed by atoms with Gasteiger partial charge in [-0.1, -0.05) is 18.2 Å². The average Bonchev–Trinajstić information content (AvgIpc) is 3.26. The molecule has 0 amide bonds. The van der Waals surface area contributed by atoms with Gasteiger partial charge in [0.05, 0.1) is 42.3 Å². The Morgan fingerprint density at radius 2 is 1.91 bits per heavy atom. The van der Waals surface area contributed by atoms with E-state index in [0.29, 0.717) is 42.2 Å². The molecule has 0 aliphatic rings. The summed E-state index contributed by atoms with van der Waals surface area (Å²) in [5, 5.41) is 17.5. The van der Waals surface area contributed by atoms with Crippen LogP contribution in [0.5, 0.6) is 0 Å². The van der Waals surface area contributed by atoms with Crippen LogP contribution in [0, 0.1) is 5.82 Å². The van der Waals surface area contributed by atoms with Crippen molar-refractivity contribution in [1.29, 1.82) is 0 Å². The molecule has 35 heavy (non-hydrogen) atoms. The number of hydrogen-bond acceptors (Lipinski definition) is 7. The normalized spacial score (nSPS) is 11.6. The molecule has 4 aromatic heterocycles. The van der Waals surface area contributed by atoms with Gasteiger partial charge in [-0.05, 0) is 18.1 Å². The molecule has 0 atom stereocenters. The van der Waals surface area contributed by atoms with Crippen LogP contribution in [0.25, 0.3) is 33.2 Å². The summed E-state index contributed by atoms with van der Waals surface area (Å²) in [4.78, 5) is 17.1. The van der Waals surface area contributed by atoms with Crippen LogP contribution in [0.1, 0.15) is 17.6 Å². The lowest BCUT2D eigenvalue weighted by Crippen LogP contribution is -2.08. The van der Waals surface area contributed by atoms with Gasteiger partial charge in [0, 0.05) is 35.1 Å². The molecular formula is C24H20F3N7O. The van der Waals surface area contributed by atoms with E-state index in [-0.39, 0.29) is 12.0 Å². The maximum atomic E-state index is 13.9. The largest absolute Gasteiger partial charge is 0.394 e. The summed E-state index contributed by atoms with van der Waals surface area (Å²) in [7, 11) is 0. The minimum Gasteiger partial charge on any atom is -0.394 e. The van der Waals surface area contributed by atoms with Gasteiger partial charge in [0.1, 0.15) is 12.1 Å². The first-order chi connectivity index (χ1) is 17.0. The molecule has 5 rings (SSSR count). The van der Waals surface area contributed by atoms with Gasteiger partial charge in [-0.2, -0.15) is 5.10 Å². The number of benzene rings is 1. The predicted molar refractivity (Wildman–Crippen MR) is 124 cm³/mol. The van der Waals surface area contributed by atoms with E-state index in [2.05, 4.69) is 30.4 Å². The molecule has 11 heteroatoms. The molecule has 8 nitrogen and oxygen atoms in total. The van der Waals surface area contributed by atoms with E-state index in [1.54, 1.807) is 35.3 Å². The van der Waals surface area contributed by atoms with E-state index in [0.717, 1.165) is 22.7 Å². The fourth-order valence-corrected chi connectivity index (χ4v) is 4.01. The van der Waals surface area contributed by atoms with Crippen molar-refractivity contribution in [2.75, 3.05) is 18.5 Å². The Morgan fingerprint density at radius 1 is 1.03 bits per heavy atom. The SMILES string of the molecule is OCCn1ncc2cc(-c3cc(NCCc4cccc5c(C(F)F)c(F)cnc45)ncn3)cnc21. The highest BCUT2D eigenvalue weighted by Gasteiger charge is 2.19. The number of nitrogens with zero attached hydrogens (tertiary/aromatic N) is 6. The summed E-state index contributed by atoms with van der Waals surface area (Å²) in [5.41, 5.74) is 2.57. The highest BCUT2D eigenvalue weighted by molar-refractivity contribution is 5.85. The summed E-state index contributed by atoms with van der Waals surface area (Å²) in [6.07, 6.45) is 3.20. The monoisotopic (exact) mass is 479 g/mol. The Hall–Kier alpha value is -4.12. The maximum absolute atomic E-state index is 13.9. The third-order valence-corrected chi connectivity index (χ3v) is 5.64. The Morgan fingerprint density at radius 3 is 2.74 bits per heavy atom. The molecule has 0 bridgehead atoms. The number of pyridine rings is 2. The molecule has 0 saturated carbocycles. The third-order valence-electron chi connectivity index (χ3n) is 5.64. The first kappa shape index (κ1) is 22.7. The van der Waals surface area contributed by atoms with Crippen molar-refractivity contribution in [2.45, 2.75) is 19.4 Å². The smallest absolute Gasteiger partial charge is 0.267 e. The molecule has 0 aliphatic heterocycles. The number of alkyl halides is 2. The van der Waals surface area contributed by atoms with E-state index in [9.17, 15) is 13.2 Å². The van der Waals surface area contributed by atoms with Crippen LogP contribution >= 0.6 is 0 Å². The Balaban J connectivity index is 1.33. The third kappa shape index (κ3) is 4.50. The highest BCUT2D eigenvalue weighted by Crippen LogP contribution is 2.30. The van der Waals surface area contributed by atoms with Crippen LogP contribution in [0.3, 0.4) is 0 Å². The zero-order valence-corrected chi connectivity index (χ0v) is 18.4. The van der Waals surface area contributed by atoms with Crippen LogP contribution in [0.4, 0.5) is 19.0 Å². The molecular weight excluding hydrogens is 459 g/mol. The van der Waals surface area contributed by atoms with Crippen molar-refractivity contribution in [3.8, 4) is 11.3 Å². The van der Waals surface area contributed by atoms with Gasteiger partial charge < -0.3 is 10.4 Å². The van der Waals surface area contributed by atoms with Crippen molar-refractivity contribution in [2.24, 2.45) is 0 Å². The number of aliphatic hydroxyl groups is 1. The van der Waals surface area contributed by atoms with Crippen LogP contribution in [0.15, 0.2) is 55.2 Å². The van der Waals surface area contributed by atoms with Gasteiger partial charge in [-0.3, -0.25) is 4.98 Å². The van der Waals surface area contributed by atoms with Gasteiger partial charge in [0.2, 0.25) is 0 Å². The summed E-state index contributed by atoms with van der Waals surface area (Å²) < 4.78 is 42.2. The molecule has 0 spiro atoms. The van der Waals surface area contributed by atoms with Crippen LogP contribution in [-0.2, 0) is 13.0 Å².